The molecule has 0 unspecified atom stereocenters. The number of aromatic amines is 1. The van der Waals surface area contributed by atoms with Crippen LogP contribution >= 0.6 is 0 Å². The lowest BCUT2D eigenvalue weighted by Gasteiger charge is -2.06. The second-order valence-electron chi connectivity index (χ2n) is 4.67. The minimum Gasteiger partial charge on any atom is -0.508 e. The highest BCUT2D eigenvalue weighted by atomic mass is 16.3. The third kappa shape index (κ3) is 4.10. The third-order valence-corrected chi connectivity index (χ3v) is 2.71. The molecule has 0 fully saturated rings. The van der Waals surface area contributed by atoms with E-state index in [9.17, 15) is 9.90 Å². The van der Waals surface area contributed by atoms with Crippen molar-refractivity contribution in [3.05, 3.63) is 30.0 Å². The van der Waals surface area contributed by atoms with E-state index in [1.165, 1.54) is 13.3 Å². The Bertz CT molecular complexity index is 546. The topological polar surface area (TPSA) is 79.1 Å². The minimum atomic E-state index is -0.485. The minimum absolute atomic E-state index is 0.0329. The SMILES string of the molecule is CC(=O)[C@@H](N)Cc1c[nH]c2ccc(O)cc12.CCC. The molecule has 0 aliphatic carbocycles. The van der Waals surface area contributed by atoms with Crippen LogP contribution in [0.2, 0.25) is 0 Å². The van der Waals surface area contributed by atoms with E-state index in [-0.39, 0.29) is 11.5 Å². The van der Waals surface area contributed by atoms with Crippen molar-refractivity contribution in [3.8, 4) is 5.75 Å². The predicted octanol–water partition coefficient (Wildman–Crippen LogP) is 2.75. The number of nitrogens with one attached hydrogen (secondary N) is 1. The van der Waals surface area contributed by atoms with E-state index in [4.69, 9.17) is 5.73 Å². The number of hydrogen-bond acceptors (Lipinski definition) is 3. The highest BCUT2D eigenvalue weighted by molar-refractivity contribution is 5.86. The molecule has 0 bridgehead atoms. The Hall–Kier alpha value is -1.81. The van der Waals surface area contributed by atoms with Crippen LogP contribution in [0.5, 0.6) is 5.75 Å². The Labute approximate surface area is 113 Å². The van der Waals surface area contributed by atoms with Crippen LogP contribution in [0.4, 0.5) is 0 Å². The number of benzene rings is 1. The van der Waals surface area contributed by atoms with Crippen molar-refractivity contribution in [1.82, 2.24) is 4.98 Å². The lowest BCUT2D eigenvalue weighted by atomic mass is 10.0. The summed E-state index contributed by atoms with van der Waals surface area (Å²) in [6, 6.07) is 4.61. The highest BCUT2D eigenvalue weighted by Gasteiger charge is 2.12. The molecule has 4 N–H and O–H groups in total. The van der Waals surface area contributed by atoms with Crippen molar-refractivity contribution < 1.29 is 9.90 Å². The molecule has 1 aromatic carbocycles. The van der Waals surface area contributed by atoms with Gasteiger partial charge >= 0.3 is 0 Å². The Morgan fingerprint density at radius 1 is 1.42 bits per heavy atom. The van der Waals surface area contributed by atoms with Crippen LogP contribution in [-0.4, -0.2) is 21.9 Å². The molecule has 1 atom stereocenters. The van der Waals surface area contributed by atoms with E-state index in [1.807, 2.05) is 6.20 Å². The summed E-state index contributed by atoms with van der Waals surface area (Å²) in [6.07, 6.45) is 3.56. The Morgan fingerprint density at radius 2 is 2.05 bits per heavy atom. The summed E-state index contributed by atoms with van der Waals surface area (Å²) in [5.74, 6) is 0.180. The van der Waals surface area contributed by atoms with E-state index < -0.39 is 6.04 Å². The van der Waals surface area contributed by atoms with Gasteiger partial charge in [0, 0.05) is 17.1 Å². The van der Waals surface area contributed by atoms with E-state index in [0.29, 0.717) is 6.42 Å². The van der Waals surface area contributed by atoms with Gasteiger partial charge in [0.1, 0.15) is 11.5 Å². The molecule has 4 heteroatoms. The molecule has 0 radical (unpaired) electrons. The summed E-state index contributed by atoms with van der Waals surface area (Å²) in [4.78, 5) is 14.2. The molecule has 0 aliphatic rings. The molecule has 2 rings (SSSR count). The van der Waals surface area contributed by atoms with E-state index in [1.54, 1.807) is 18.2 Å². The van der Waals surface area contributed by atoms with E-state index in [2.05, 4.69) is 18.8 Å². The fourth-order valence-corrected chi connectivity index (χ4v) is 1.72. The molecule has 1 aromatic heterocycles. The van der Waals surface area contributed by atoms with Gasteiger partial charge in [-0.25, -0.2) is 0 Å². The molecule has 0 saturated carbocycles. The molecular formula is C15H22N2O2. The monoisotopic (exact) mass is 262 g/mol. The number of ketones is 1. The van der Waals surface area contributed by atoms with Crippen LogP contribution < -0.4 is 5.73 Å². The molecule has 0 spiro atoms. The zero-order valence-electron chi connectivity index (χ0n) is 11.7. The first kappa shape index (κ1) is 15.2. The highest BCUT2D eigenvalue weighted by Crippen LogP contribution is 2.23. The van der Waals surface area contributed by atoms with Crippen LogP contribution in [0, 0.1) is 0 Å². The molecular weight excluding hydrogens is 240 g/mol. The fourth-order valence-electron chi connectivity index (χ4n) is 1.72. The molecule has 0 amide bonds. The van der Waals surface area contributed by atoms with E-state index >= 15 is 0 Å². The zero-order valence-corrected chi connectivity index (χ0v) is 11.7. The molecule has 19 heavy (non-hydrogen) atoms. The molecule has 1 heterocycles. The fraction of sp³-hybridized carbons (Fsp3) is 0.400. The number of phenolic OH excluding ortho intramolecular Hbond substituents is 1. The number of Topliss-reactive ketones (excluding diaryl/α,β-unsaturated/α-hetero) is 1. The zero-order chi connectivity index (χ0) is 14.4. The number of H-pyrrole nitrogens is 1. The molecule has 4 nitrogen and oxygen atoms in total. The number of carbonyl (C=O) groups is 1. The van der Waals surface area contributed by atoms with Crippen molar-refractivity contribution in [3.63, 3.8) is 0 Å². The van der Waals surface area contributed by atoms with Crippen molar-refractivity contribution in [2.45, 2.75) is 39.7 Å². The van der Waals surface area contributed by atoms with Gasteiger partial charge in [0.25, 0.3) is 0 Å². The van der Waals surface area contributed by atoms with Gasteiger partial charge in [-0.1, -0.05) is 20.3 Å². The number of aromatic hydroxyl groups is 1. The van der Waals surface area contributed by atoms with Crippen molar-refractivity contribution in [1.29, 1.82) is 0 Å². The Balaban J connectivity index is 0.000000550. The lowest BCUT2D eigenvalue weighted by molar-refractivity contribution is -0.118. The normalized spacial score (nSPS) is 11.8. The molecule has 0 saturated heterocycles. The molecule has 104 valence electrons. The Morgan fingerprint density at radius 3 is 2.63 bits per heavy atom. The quantitative estimate of drug-likeness (QED) is 0.795. The number of carbonyl (C=O) groups excluding carboxylic acids is 1. The van der Waals surface area contributed by atoms with Crippen molar-refractivity contribution in [2.24, 2.45) is 5.73 Å². The maximum Gasteiger partial charge on any atom is 0.146 e. The average molecular weight is 262 g/mol. The first-order valence-electron chi connectivity index (χ1n) is 6.54. The van der Waals surface area contributed by atoms with Gasteiger partial charge in [0.15, 0.2) is 0 Å². The van der Waals surface area contributed by atoms with E-state index in [0.717, 1.165) is 16.5 Å². The van der Waals surface area contributed by atoms with Gasteiger partial charge < -0.3 is 15.8 Å². The van der Waals surface area contributed by atoms with Gasteiger partial charge in [-0.05, 0) is 37.1 Å². The maximum atomic E-state index is 11.1. The van der Waals surface area contributed by atoms with Crippen molar-refractivity contribution in [2.75, 3.05) is 0 Å². The summed E-state index contributed by atoms with van der Waals surface area (Å²) in [5.41, 5.74) is 7.60. The number of hydrogen-bond donors (Lipinski definition) is 3. The smallest absolute Gasteiger partial charge is 0.146 e. The molecule has 2 aromatic rings. The number of phenols is 1. The van der Waals surface area contributed by atoms with Crippen LogP contribution in [0.3, 0.4) is 0 Å². The summed E-state index contributed by atoms with van der Waals surface area (Å²) >= 11 is 0. The van der Waals surface area contributed by atoms with Gasteiger partial charge in [-0.15, -0.1) is 0 Å². The second kappa shape index (κ2) is 6.95. The average Bonchev–Trinajstić information content (AvgIpc) is 2.73. The first-order valence-corrected chi connectivity index (χ1v) is 6.54. The summed E-state index contributed by atoms with van der Waals surface area (Å²) in [6.45, 7) is 5.73. The first-order chi connectivity index (χ1) is 8.99. The number of fused-ring (bicyclic) bond motifs is 1. The van der Waals surface area contributed by atoms with Gasteiger partial charge in [0.05, 0.1) is 6.04 Å². The van der Waals surface area contributed by atoms with Gasteiger partial charge in [-0.3, -0.25) is 4.79 Å². The number of aromatic nitrogens is 1. The van der Waals surface area contributed by atoms with Gasteiger partial charge in [0.2, 0.25) is 0 Å². The number of rotatable bonds is 3. The molecule has 0 aliphatic heterocycles. The third-order valence-electron chi connectivity index (χ3n) is 2.71. The van der Waals surface area contributed by atoms with Crippen LogP contribution in [0.1, 0.15) is 32.8 Å². The summed E-state index contributed by atoms with van der Waals surface area (Å²) in [5, 5.41) is 10.3. The summed E-state index contributed by atoms with van der Waals surface area (Å²) < 4.78 is 0. The van der Waals surface area contributed by atoms with Gasteiger partial charge in [-0.2, -0.15) is 0 Å². The largest absolute Gasteiger partial charge is 0.508 e. The summed E-state index contributed by atoms with van der Waals surface area (Å²) in [7, 11) is 0. The van der Waals surface area contributed by atoms with Crippen LogP contribution in [0.25, 0.3) is 10.9 Å². The Kier molecular flexibility index (Phi) is 5.57. The van der Waals surface area contributed by atoms with Crippen LogP contribution in [0.15, 0.2) is 24.4 Å². The van der Waals surface area contributed by atoms with Crippen LogP contribution in [-0.2, 0) is 11.2 Å². The standard InChI is InChI=1S/C12H14N2O2.C3H8/c1-7(15)11(13)4-8-6-14-12-3-2-9(16)5-10(8)12;1-3-2/h2-3,5-6,11,14,16H,4,13H2,1H3;3H2,1-2H3/t11-;/m0./s1. The van der Waals surface area contributed by atoms with Crippen molar-refractivity contribution >= 4 is 16.7 Å². The lowest BCUT2D eigenvalue weighted by Crippen LogP contribution is -2.30. The predicted molar refractivity (Wildman–Crippen MR) is 78.3 cm³/mol. The number of nitrogens with two attached hydrogens (primary N) is 1. The maximum absolute atomic E-state index is 11.1. The second-order valence-corrected chi connectivity index (χ2v) is 4.67.